The average molecular weight is 501 g/mol. The number of benzene rings is 2. The first-order valence-corrected chi connectivity index (χ1v) is 11.6. The Morgan fingerprint density at radius 2 is 1.79 bits per heavy atom. The molecule has 0 radical (unpaired) electrons. The molecule has 1 aromatic heterocycles. The van der Waals surface area contributed by atoms with Crippen LogP contribution in [-0.4, -0.2) is 42.0 Å². The van der Waals surface area contributed by atoms with Gasteiger partial charge in [-0.25, -0.2) is 22.2 Å². The molecule has 4 rings (SSSR count). The minimum Gasteiger partial charge on any atom is -0.493 e. The summed E-state index contributed by atoms with van der Waals surface area (Å²) < 4.78 is 100. The van der Waals surface area contributed by atoms with E-state index in [1.807, 2.05) is 0 Å². The van der Waals surface area contributed by atoms with Crippen molar-refractivity contribution in [1.29, 1.82) is 0 Å². The lowest BCUT2D eigenvalue weighted by atomic mass is 9.89. The highest BCUT2D eigenvalue weighted by atomic mass is 32.2. The lowest BCUT2D eigenvalue weighted by molar-refractivity contribution is -0.140. The number of halogens is 5. The predicted molar refractivity (Wildman–Crippen MR) is 111 cm³/mol. The fourth-order valence-electron chi connectivity index (χ4n) is 3.95. The number of nitrogens with zero attached hydrogens (tertiary/aromatic N) is 3. The molecule has 0 aliphatic carbocycles. The monoisotopic (exact) mass is 501 g/mol. The zero-order chi connectivity index (χ0) is 24.7. The van der Waals surface area contributed by atoms with Crippen LogP contribution in [0.1, 0.15) is 17.0 Å². The number of ether oxygens (including phenoxy) is 1. The van der Waals surface area contributed by atoms with Gasteiger partial charge in [-0.05, 0) is 35.9 Å². The maximum absolute atomic E-state index is 13.6. The number of aryl methyl sites for hydroxylation is 1. The molecule has 2 aromatic carbocycles. The van der Waals surface area contributed by atoms with Gasteiger partial charge in [0, 0.05) is 38.2 Å². The van der Waals surface area contributed by atoms with Gasteiger partial charge >= 0.3 is 6.18 Å². The summed E-state index contributed by atoms with van der Waals surface area (Å²) in [5.41, 5.74) is -0.797. The van der Waals surface area contributed by atoms with Gasteiger partial charge in [0.1, 0.15) is 17.4 Å². The molecule has 12 heteroatoms. The summed E-state index contributed by atoms with van der Waals surface area (Å²) in [7, 11) is -2.31. The number of hydrogen-bond acceptors (Lipinski definition) is 4. The standard InChI is InChI=1S/C22H20F5N3O3S/c1-29-11-21(28-13-29)34(31,32)30-9-15(18(10-30)14-2-4-16(23)5-3-14)12-33-17-6-7-20(24)19(8-17)22(25,26)27/h2-8,11,13,15,18H,9-10,12H2,1H3/t15-,18-/m1/s1. The van der Waals surface area contributed by atoms with E-state index in [-0.39, 0.29) is 30.5 Å². The van der Waals surface area contributed by atoms with Crippen molar-refractivity contribution >= 4 is 10.0 Å². The van der Waals surface area contributed by atoms with Crippen molar-refractivity contribution in [3.63, 3.8) is 0 Å². The SMILES string of the molecule is Cn1cnc(S(=O)(=O)N2C[C@H](COc3ccc(F)c(C(F)(F)F)c3)[C@@H](c3ccc(F)cc3)C2)c1. The van der Waals surface area contributed by atoms with Crippen LogP contribution in [0.15, 0.2) is 60.0 Å². The summed E-state index contributed by atoms with van der Waals surface area (Å²) in [6, 6.07) is 7.88. The Morgan fingerprint density at radius 3 is 2.41 bits per heavy atom. The molecule has 0 saturated carbocycles. The molecule has 0 unspecified atom stereocenters. The van der Waals surface area contributed by atoms with E-state index in [0.29, 0.717) is 17.7 Å². The first-order valence-electron chi connectivity index (χ1n) is 10.2. The summed E-state index contributed by atoms with van der Waals surface area (Å²) in [6.07, 6.45) is -2.17. The third-order valence-corrected chi connectivity index (χ3v) is 7.42. The Labute approximate surface area is 192 Å². The van der Waals surface area contributed by atoms with E-state index >= 15 is 0 Å². The second-order valence-electron chi connectivity index (χ2n) is 8.07. The summed E-state index contributed by atoms with van der Waals surface area (Å²) in [4.78, 5) is 3.91. The molecule has 182 valence electrons. The van der Waals surface area contributed by atoms with Crippen LogP contribution in [0.25, 0.3) is 0 Å². The van der Waals surface area contributed by atoms with E-state index in [4.69, 9.17) is 4.74 Å². The third kappa shape index (κ3) is 4.92. The van der Waals surface area contributed by atoms with E-state index in [1.165, 1.54) is 45.7 Å². The molecule has 2 heterocycles. The molecular formula is C22H20F5N3O3S. The predicted octanol–water partition coefficient (Wildman–Crippen LogP) is 4.20. The van der Waals surface area contributed by atoms with Crippen LogP contribution < -0.4 is 4.74 Å². The van der Waals surface area contributed by atoms with Crippen molar-refractivity contribution in [3.8, 4) is 5.75 Å². The number of hydrogen-bond donors (Lipinski definition) is 0. The molecule has 0 amide bonds. The molecule has 3 aromatic rings. The number of rotatable bonds is 6. The molecule has 1 saturated heterocycles. The molecule has 1 aliphatic rings. The van der Waals surface area contributed by atoms with Crippen LogP contribution in [0.5, 0.6) is 5.75 Å². The minimum absolute atomic E-state index is 0.00821. The molecule has 6 nitrogen and oxygen atoms in total. The van der Waals surface area contributed by atoms with Crippen molar-refractivity contribution in [2.45, 2.75) is 17.1 Å². The summed E-state index contributed by atoms with van der Waals surface area (Å²) >= 11 is 0. The number of sulfonamides is 1. The molecule has 1 aliphatic heterocycles. The molecule has 2 atom stereocenters. The highest BCUT2D eigenvalue weighted by Crippen LogP contribution is 2.37. The molecular weight excluding hydrogens is 481 g/mol. The Morgan fingerprint density at radius 1 is 1.09 bits per heavy atom. The van der Waals surface area contributed by atoms with Crippen molar-refractivity contribution in [1.82, 2.24) is 13.9 Å². The van der Waals surface area contributed by atoms with Gasteiger partial charge < -0.3 is 9.30 Å². The Hall–Kier alpha value is -2.99. The molecule has 0 spiro atoms. The van der Waals surface area contributed by atoms with Gasteiger partial charge in [-0.1, -0.05) is 12.1 Å². The summed E-state index contributed by atoms with van der Waals surface area (Å²) in [6.45, 7) is -0.0801. The van der Waals surface area contributed by atoms with Gasteiger partial charge in [0.25, 0.3) is 10.0 Å². The second-order valence-corrected chi connectivity index (χ2v) is 9.95. The second kappa shape index (κ2) is 8.99. The lowest BCUT2D eigenvalue weighted by Crippen LogP contribution is -2.30. The van der Waals surface area contributed by atoms with Gasteiger partial charge in [0.15, 0.2) is 5.03 Å². The maximum Gasteiger partial charge on any atom is 0.419 e. The smallest absolute Gasteiger partial charge is 0.419 e. The number of imidazole rings is 1. The van der Waals surface area contributed by atoms with Crippen LogP contribution in [0.3, 0.4) is 0 Å². The normalized spacial score (nSPS) is 19.5. The Kier molecular flexibility index (Phi) is 6.38. The van der Waals surface area contributed by atoms with E-state index < -0.39 is 45.2 Å². The lowest BCUT2D eigenvalue weighted by Gasteiger charge is -2.20. The van der Waals surface area contributed by atoms with Crippen molar-refractivity contribution < 1.29 is 35.1 Å². The average Bonchev–Trinajstić information content (AvgIpc) is 3.40. The minimum atomic E-state index is -4.89. The first-order chi connectivity index (χ1) is 15.9. The summed E-state index contributed by atoms with van der Waals surface area (Å²) in [5, 5.41) is -0.136. The summed E-state index contributed by atoms with van der Waals surface area (Å²) in [5.74, 6) is -2.96. The van der Waals surface area contributed by atoms with Gasteiger partial charge in [0.05, 0.1) is 18.5 Å². The molecule has 1 fully saturated rings. The fourth-order valence-corrected chi connectivity index (χ4v) is 5.44. The molecule has 34 heavy (non-hydrogen) atoms. The first kappa shape index (κ1) is 24.1. The zero-order valence-electron chi connectivity index (χ0n) is 17.8. The van der Waals surface area contributed by atoms with Crippen LogP contribution >= 0.6 is 0 Å². The maximum atomic E-state index is 13.6. The van der Waals surface area contributed by atoms with E-state index in [9.17, 15) is 30.4 Å². The van der Waals surface area contributed by atoms with Crippen LogP contribution in [0.4, 0.5) is 22.0 Å². The van der Waals surface area contributed by atoms with Crippen LogP contribution in [-0.2, 0) is 23.2 Å². The van der Waals surface area contributed by atoms with E-state index in [1.54, 1.807) is 7.05 Å². The molecule has 0 bridgehead atoms. The van der Waals surface area contributed by atoms with Gasteiger partial charge in [-0.15, -0.1) is 0 Å². The van der Waals surface area contributed by atoms with E-state index in [0.717, 1.165) is 6.07 Å². The van der Waals surface area contributed by atoms with E-state index in [2.05, 4.69) is 4.98 Å². The van der Waals surface area contributed by atoms with Crippen molar-refractivity contribution in [2.24, 2.45) is 13.0 Å². The highest BCUT2D eigenvalue weighted by Gasteiger charge is 2.41. The Bertz CT molecular complexity index is 1280. The quantitative estimate of drug-likeness (QED) is 0.475. The van der Waals surface area contributed by atoms with Gasteiger partial charge in [-0.2, -0.15) is 17.5 Å². The van der Waals surface area contributed by atoms with Crippen molar-refractivity contribution in [2.75, 3.05) is 19.7 Å². The number of aromatic nitrogens is 2. The zero-order valence-corrected chi connectivity index (χ0v) is 18.7. The fraction of sp³-hybridized carbons (Fsp3) is 0.318. The van der Waals surface area contributed by atoms with Crippen LogP contribution in [0.2, 0.25) is 0 Å². The topological polar surface area (TPSA) is 64.4 Å². The Balaban J connectivity index is 1.59. The molecule has 0 N–H and O–H groups in total. The number of alkyl halides is 3. The third-order valence-electron chi connectivity index (χ3n) is 5.70. The van der Waals surface area contributed by atoms with Gasteiger partial charge in [0.2, 0.25) is 0 Å². The highest BCUT2D eigenvalue weighted by molar-refractivity contribution is 7.89. The largest absolute Gasteiger partial charge is 0.493 e. The van der Waals surface area contributed by atoms with Crippen molar-refractivity contribution in [3.05, 3.63) is 77.8 Å². The van der Waals surface area contributed by atoms with Gasteiger partial charge in [-0.3, -0.25) is 0 Å². The van der Waals surface area contributed by atoms with Crippen LogP contribution in [0, 0.1) is 17.6 Å².